The predicted molar refractivity (Wildman–Crippen MR) is 118 cm³/mol. The lowest BCUT2D eigenvalue weighted by molar-refractivity contribution is -0.148. The average Bonchev–Trinajstić information content (AvgIpc) is 2.63. The molecule has 28 heavy (non-hydrogen) atoms. The van der Waals surface area contributed by atoms with Crippen LogP contribution in [0.5, 0.6) is 5.75 Å². The minimum Gasteiger partial charge on any atom is -0.508 e. The summed E-state index contributed by atoms with van der Waals surface area (Å²) in [6.07, 6.45) is 7.37. The number of rotatable bonds is 4. The Balaban J connectivity index is 0.000000370. The van der Waals surface area contributed by atoms with Crippen LogP contribution in [0.15, 0.2) is 73.3 Å². The molecule has 0 saturated heterocycles. The molecule has 0 aliphatic heterocycles. The third-order valence-electron chi connectivity index (χ3n) is 3.61. The van der Waals surface area contributed by atoms with Crippen LogP contribution < -0.4 is 0 Å². The quantitative estimate of drug-likeness (QED) is 0.384. The van der Waals surface area contributed by atoms with E-state index in [4.69, 9.17) is 4.74 Å². The molecule has 3 heteroatoms. The Morgan fingerprint density at radius 3 is 2.07 bits per heavy atom. The summed E-state index contributed by atoms with van der Waals surface area (Å²) >= 11 is 0. The van der Waals surface area contributed by atoms with Gasteiger partial charge >= 0.3 is 5.97 Å². The smallest absolute Gasteiger partial charge is 0.330 e. The van der Waals surface area contributed by atoms with Crippen molar-refractivity contribution in [2.75, 3.05) is 0 Å². The number of phenolic OH excluding ortho intramolecular Hbond substituents is 1. The Kier molecular flexibility index (Phi) is 8.97. The Bertz CT molecular complexity index is 818. The molecule has 0 unspecified atom stereocenters. The normalized spacial score (nSPS) is 11.5. The molecular formula is C25H30O3. The summed E-state index contributed by atoms with van der Waals surface area (Å²) in [5.74, 6) is -0.0748. The number of aromatic hydroxyl groups is 1. The van der Waals surface area contributed by atoms with Gasteiger partial charge in [-0.3, -0.25) is 0 Å². The fourth-order valence-corrected chi connectivity index (χ4v) is 2.15. The maximum absolute atomic E-state index is 10.5. The molecule has 0 saturated carbocycles. The average molecular weight is 379 g/mol. The number of esters is 1. The fourth-order valence-electron chi connectivity index (χ4n) is 2.15. The van der Waals surface area contributed by atoms with Gasteiger partial charge in [-0.2, -0.15) is 0 Å². The highest BCUT2D eigenvalue weighted by molar-refractivity contribution is 5.81. The van der Waals surface area contributed by atoms with Crippen molar-refractivity contribution in [3.8, 4) is 5.75 Å². The van der Waals surface area contributed by atoms with Crippen molar-refractivity contribution in [1.29, 1.82) is 0 Å². The summed E-state index contributed by atoms with van der Waals surface area (Å²) in [5.41, 5.74) is 4.36. The summed E-state index contributed by atoms with van der Waals surface area (Å²) in [6.45, 7) is 12.9. The van der Waals surface area contributed by atoms with E-state index in [1.54, 1.807) is 12.1 Å². The van der Waals surface area contributed by atoms with Crippen LogP contribution >= 0.6 is 0 Å². The zero-order chi connectivity index (χ0) is 21.2. The molecule has 0 bridgehead atoms. The molecule has 0 atom stereocenters. The number of ether oxygens (including phenoxy) is 1. The first-order valence-electron chi connectivity index (χ1n) is 9.17. The van der Waals surface area contributed by atoms with E-state index >= 15 is 0 Å². The monoisotopic (exact) mass is 378 g/mol. The molecule has 3 nitrogen and oxygen atoms in total. The van der Waals surface area contributed by atoms with E-state index in [0.717, 1.165) is 11.6 Å². The Hall–Kier alpha value is -3.07. The first-order valence-corrected chi connectivity index (χ1v) is 9.17. The summed E-state index contributed by atoms with van der Waals surface area (Å²) in [6, 6.07) is 15.7. The largest absolute Gasteiger partial charge is 0.508 e. The van der Waals surface area contributed by atoms with Crippen molar-refractivity contribution < 1.29 is 14.6 Å². The topological polar surface area (TPSA) is 46.5 Å². The van der Waals surface area contributed by atoms with Crippen LogP contribution in [0.3, 0.4) is 0 Å². The third kappa shape index (κ3) is 9.58. The zero-order valence-electron chi connectivity index (χ0n) is 17.4. The molecule has 2 aromatic carbocycles. The van der Waals surface area contributed by atoms with Gasteiger partial charge in [-0.25, -0.2) is 4.79 Å². The molecule has 2 rings (SSSR count). The Morgan fingerprint density at radius 1 is 1.04 bits per heavy atom. The minimum atomic E-state index is -0.398. The molecule has 0 spiro atoms. The van der Waals surface area contributed by atoms with E-state index < -0.39 is 5.60 Å². The van der Waals surface area contributed by atoms with Crippen LogP contribution in [-0.2, 0) is 9.53 Å². The van der Waals surface area contributed by atoms with Gasteiger partial charge in [0.15, 0.2) is 0 Å². The second-order valence-corrected chi connectivity index (χ2v) is 7.40. The molecule has 0 fully saturated rings. The van der Waals surface area contributed by atoms with Gasteiger partial charge < -0.3 is 9.84 Å². The highest BCUT2D eigenvalue weighted by Crippen LogP contribution is 2.17. The van der Waals surface area contributed by atoms with Crippen LogP contribution in [0, 0.1) is 6.92 Å². The number of benzene rings is 2. The van der Waals surface area contributed by atoms with Gasteiger partial charge in [0.05, 0.1) is 0 Å². The fraction of sp³-hybridized carbons (Fsp3) is 0.240. The summed E-state index contributed by atoms with van der Waals surface area (Å²) in [7, 11) is 0. The number of aryl methyl sites for hydroxylation is 1. The van der Waals surface area contributed by atoms with Crippen molar-refractivity contribution in [2.45, 2.75) is 40.2 Å². The zero-order valence-corrected chi connectivity index (χ0v) is 17.4. The van der Waals surface area contributed by atoms with Crippen molar-refractivity contribution >= 4 is 17.6 Å². The maximum atomic E-state index is 10.5. The van der Waals surface area contributed by atoms with Crippen molar-refractivity contribution in [3.63, 3.8) is 0 Å². The van der Waals surface area contributed by atoms with E-state index in [0.29, 0.717) is 5.75 Å². The van der Waals surface area contributed by atoms with Crippen LogP contribution in [0.1, 0.15) is 44.4 Å². The van der Waals surface area contributed by atoms with E-state index in [1.165, 1.54) is 16.7 Å². The first kappa shape index (κ1) is 23.0. The van der Waals surface area contributed by atoms with Crippen molar-refractivity contribution in [3.05, 3.63) is 90.0 Å². The van der Waals surface area contributed by atoms with Gasteiger partial charge in [-0.15, -0.1) is 0 Å². The van der Waals surface area contributed by atoms with E-state index in [9.17, 15) is 9.90 Å². The number of carbonyl (C=O) groups excluding carboxylic acids is 1. The standard InChI is InChI=1S/C18H18O.C7H12O2/c1-14-6-8-16(9-7-14)5-3-4-15(2)17-10-12-18(19)13-11-17;1-5-6(8)9-7(2,3)4/h3-13,19H,1-2H3;5H,1H2,2-4H3. The van der Waals surface area contributed by atoms with Gasteiger partial charge in [0.25, 0.3) is 0 Å². The number of hydrogen-bond donors (Lipinski definition) is 1. The molecule has 1 N–H and O–H groups in total. The lowest BCUT2D eigenvalue weighted by atomic mass is 10.1. The van der Waals surface area contributed by atoms with Gasteiger partial charge in [-0.1, -0.05) is 66.8 Å². The molecule has 0 aliphatic rings. The van der Waals surface area contributed by atoms with Crippen molar-refractivity contribution in [2.24, 2.45) is 0 Å². The summed E-state index contributed by atoms with van der Waals surface area (Å²) in [4.78, 5) is 10.5. The lowest BCUT2D eigenvalue weighted by Crippen LogP contribution is -2.22. The summed E-state index contributed by atoms with van der Waals surface area (Å²) in [5, 5.41) is 9.25. The predicted octanol–water partition coefficient (Wildman–Crippen LogP) is 6.33. The summed E-state index contributed by atoms with van der Waals surface area (Å²) < 4.78 is 4.83. The van der Waals surface area contributed by atoms with Gasteiger partial charge in [0.2, 0.25) is 0 Å². The first-order chi connectivity index (χ1) is 13.1. The van der Waals surface area contributed by atoms with Crippen LogP contribution in [-0.4, -0.2) is 16.7 Å². The van der Waals surface area contributed by atoms with Crippen molar-refractivity contribution in [1.82, 2.24) is 0 Å². The maximum Gasteiger partial charge on any atom is 0.330 e. The molecule has 0 aliphatic carbocycles. The number of allylic oxidation sites excluding steroid dienone is 3. The molecule has 0 aromatic heterocycles. The van der Waals surface area contributed by atoms with Crippen LogP contribution in [0.4, 0.5) is 0 Å². The molecule has 0 radical (unpaired) electrons. The number of hydrogen-bond acceptors (Lipinski definition) is 3. The molecule has 0 amide bonds. The second-order valence-electron chi connectivity index (χ2n) is 7.40. The number of phenols is 1. The molecule has 148 valence electrons. The van der Waals surface area contributed by atoms with E-state index in [-0.39, 0.29) is 5.97 Å². The van der Waals surface area contributed by atoms with E-state index in [1.807, 2.05) is 39.0 Å². The van der Waals surface area contributed by atoms with Gasteiger partial charge in [-0.05, 0) is 63.5 Å². The number of carbonyl (C=O) groups is 1. The second kappa shape index (κ2) is 10.9. The van der Waals surface area contributed by atoms with Gasteiger partial charge in [0.1, 0.15) is 11.4 Å². The van der Waals surface area contributed by atoms with Crippen LogP contribution in [0.25, 0.3) is 11.6 Å². The molecule has 2 aromatic rings. The third-order valence-corrected chi connectivity index (χ3v) is 3.61. The Morgan fingerprint density at radius 2 is 1.61 bits per heavy atom. The van der Waals surface area contributed by atoms with E-state index in [2.05, 4.69) is 56.8 Å². The Labute approximate surface area is 168 Å². The minimum absolute atomic E-state index is 0.298. The SMILES string of the molecule is C=CC(=O)OC(C)(C)C.CC(=CC=Cc1ccc(C)cc1)c1ccc(O)cc1. The van der Waals surface area contributed by atoms with Crippen LogP contribution in [0.2, 0.25) is 0 Å². The highest BCUT2D eigenvalue weighted by atomic mass is 16.6. The van der Waals surface area contributed by atoms with Gasteiger partial charge in [0, 0.05) is 6.08 Å². The molecular weight excluding hydrogens is 348 g/mol. The molecule has 0 heterocycles. The lowest BCUT2D eigenvalue weighted by Gasteiger charge is -2.17. The highest BCUT2D eigenvalue weighted by Gasteiger charge is 2.12.